The van der Waals surface area contributed by atoms with Crippen LogP contribution in [0.1, 0.15) is 16.3 Å². The molecule has 20 heavy (non-hydrogen) atoms. The molecule has 100 valence electrons. The number of nitrogens with one attached hydrogen (secondary N) is 3. The highest BCUT2D eigenvalue weighted by Gasteiger charge is 2.07. The molecule has 3 rings (SSSR count). The first-order valence-electron chi connectivity index (χ1n) is 6.13. The molecule has 3 N–H and O–H groups in total. The van der Waals surface area contributed by atoms with Crippen molar-refractivity contribution in [2.75, 3.05) is 0 Å². The number of rotatable bonds is 3. The van der Waals surface area contributed by atoms with Gasteiger partial charge in [-0.3, -0.25) is 9.59 Å². The van der Waals surface area contributed by atoms with Gasteiger partial charge < -0.3 is 15.3 Å². The Hall–Kier alpha value is -2.89. The number of carbonyl (C=O) groups excluding carboxylic acids is 1. The second-order valence-corrected chi connectivity index (χ2v) is 4.31. The fourth-order valence-corrected chi connectivity index (χ4v) is 1.93. The third-order valence-electron chi connectivity index (χ3n) is 2.87. The topological polar surface area (TPSA) is 90.6 Å². The summed E-state index contributed by atoms with van der Waals surface area (Å²) in [6, 6.07) is 12.1. The van der Waals surface area contributed by atoms with Crippen molar-refractivity contribution < 1.29 is 4.79 Å². The first-order valence-corrected chi connectivity index (χ1v) is 6.13. The summed E-state index contributed by atoms with van der Waals surface area (Å²) in [4.78, 5) is 32.9. The van der Waals surface area contributed by atoms with E-state index in [1.807, 2.05) is 24.3 Å². The summed E-state index contributed by atoms with van der Waals surface area (Å²) in [6.07, 6.45) is 0. The maximum Gasteiger partial charge on any atom is 0.268 e. The summed E-state index contributed by atoms with van der Waals surface area (Å²) in [5, 5.41) is 2.70. The lowest BCUT2D eigenvalue weighted by atomic mass is 10.3. The Bertz CT molecular complexity index is 786. The molecule has 2 aromatic heterocycles. The molecule has 2 heterocycles. The molecule has 0 atom stereocenters. The zero-order valence-electron chi connectivity index (χ0n) is 10.5. The Morgan fingerprint density at radius 1 is 1.10 bits per heavy atom. The Labute approximate surface area is 113 Å². The number of benzene rings is 1. The SMILES string of the molecule is O=C(NCc1nc2ccccc2[nH]1)c1cccc(=O)[nH]1. The van der Waals surface area contributed by atoms with Gasteiger partial charge in [0, 0.05) is 6.07 Å². The number of hydrogen-bond acceptors (Lipinski definition) is 3. The number of fused-ring (bicyclic) bond motifs is 1. The lowest BCUT2D eigenvalue weighted by Gasteiger charge is -2.02. The molecule has 0 fully saturated rings. The van der Waals surface area contributed by atoms with Crippen molar-refractivity contribution in [1.29, 1.82) is 0 Å². The van der Waals surface area contributed by atoms with E-state index in [0.29, 0.717) is 5.82 Å². The zero-order valence-corrected chi connectivity index (χ0v) is 10.5. The number of para-hydroxylation sites is 2. The fraction of sp³-hybridized carbons (Fsp3) is 0.0714. The number of H-pyrrole nitrogens is 2. The van der Waals surface area contributed by atoms with E-state index in [0.717, 1.165) is 11.0 Å². The molecule has 0 aliphatic carbocycles. The van der Waals surface area contributed by atoms with Crippen molar-refractivity contribution >= 4 is 16.9 Å². The van der Waals surface area contributed by atoms with Gasteiger partial charge in [0.15, 0.2) is 0 Å². The lowest BCUT2D eigenvalue weighted by molar-refractivity contribution is 0.0944. The second kappa shape index (κ2) is 5.00. The molecule has 0 saturated heterocycles. The molecule has 0 bridgehead atoms. The van der Waals surface area contributed by atoms with E-state index >= 15 is 0 Å². The van der Waals surface area contributed by atoms with E-state index in [1.165, 1.54) is 12.1 Å². The molecule has 0 aliphatic heterocycles. The number of imidazole rings is 1. The number of pyridine rings is 1. The van der Waals surface area contributed by atoms with Crippen LogP contribution in [0.2, 0.25) is 0 Å². The molecule has 1 amide bonds. The standard InChI is InChI=1S/C14H12N4O2/c19-13-7-3-6-11(18-13)14(20)15-8-12-16-9-4-1-2-5-10(9)17-12/h1-7H,8H2,(H,15,20)(H,16,17)(H,18,19). The van der Waals surface area contributed by atoms with Crippen LogP contribution in [-0.2, 0) is 6.54 Å². The summed E-state index contributed by atoms with van der Waals surface area (Å²) in [7, 11) is 0. The molecule has 1 aromatic carbocycles. The molecular weight excluding hydrogens is 256 g/mol. The molecule has 0 spiro atoms. The van der Waals surface area contributed by atoms with Crippen LogP contribution >= 0.6 is 0 Å². The van der Waals surface area contributed by atoms with Gasteiger partial charge in [-0.25, -0.2) is 4.98 Å². The normalized spacial score (nSPS) is 10.6. The highest BCUT2D eigenvalue weighted by atomic mass is 16.2. The molecule has 0 aliphatic rings. The average molecular weight is 268 g/mol. The van der Waals surface area contributed by atoms with Crippen LogP contribution < -0.4 is 10.9 Å². The van der Waals surface area contributed by atoms with Gasteiger partial charge in [-0.05, 0) is 18.2 Å². The third-order valence-corrected chi connectivity index (χ3v) is 2.87. The van der Waals surface area contributed by atoms with Crippen molar-refractivity contribution in [2.24, 2.45) is 0 Å². The van der Waals surface area contributed by atoms with Crippen LogP contribution in [0, 0.1) is 0 Å². The minimum absolute atomic E-state index is 0.230. The predicted octanol–water partition coefficient (Wildman–Crippen LogP) is 1.18. The van der Waals surface area contributed by atoms with Gasteiger partial charge in [0.05, 0.1) is 17.6 Å². The van der Waals surface area contributed by atoms with E-state index in [9.17, 15) is 9.59 Å². The van der Waals surface area contributed by atoms with Crippen LogP contribution in [0.5, 0.6) is 0 Å². The van der Waals surface area contributed by atoms with Gasteiger partial charge in [-0.2, -0.15) is 0 Å². The van der Waals surface area contributed by atoms with Crippen molar-refractivity contribution in [1.82, 2.24) is 20.3 Å². The predicted molar refractivity (Wildman–Crippen MR) is 74.3 cm³/mol. The highest BCUT2D eigenvalue weighted by molar-refractivity contribution is 5.92. The Balaban J connectivity index is 1.73. The largest absolute Gasteiger partial charge is 0.344 e. The van der Waals surface area contributed by atoms with Crippen LogP contribution in [0.15, 0.2) is 47.3 Å². The second-order valence-electron chi connectivity index (χ2n) is 4.31. The first kappa shape index (κ1) is 12.2. The summed E-state index contributed by atoms with van der Waals surface area (Å²) < 4.78 is 0. The van der Waals surface area contributed by atoms with Crippen LogP contribution in [0.4, 0.5) is 0 Å². The van der Waals surface area contributed by atoms with Gasteiger partial charge in [0.2, 0.25) is 5.56 Å². The molecule has 6 nitrogen and oxygen atoms in total. The first-order chi connectivity index (χ1) is 9.72. The van der Waals surface area contributed by atoms with Gasteiger partial charge >= 0.3 is 0 Å². The van der Waals surface area contributed by atoms with Gasteiger partial charge in [0.1, 0.15) is 11.5 Å². The number of aromatic nitrogens is 3. The van der Waals surface area contributed by atoms with E-state index in [-0.39, 0.29) is 23.7 Å². The molecule has 0 saturated carbocycles. The van der Waals surface area contributed by atoms with Gasteiger partial charge in [-0.15, -0.1) is 0 Å². The molecule has 6 heteroatoms. The molecule has 0 unspecified atom stereocenters. The number of carbonyl (C=O) groups is 1. The summed E-state index contributed by atoms with van der Waals surface area (Å²) in [5.74, 6) is 0.320. The summed E-state index contributed by atoms with van der Waals surface area (Å²) >= 11 is 0. The van der Waals surface area contributed by atoms with E-state index in [4.69, 9.17) is 0 Å². The highest BCUT2D eigenvalue weighted by Crippen LogP contribution is 2.09. The Morgan fingerprint density at radius 3 is 2.75 bits per heavy atom. The third kappa shape index (κ3) is 2.44. The lowest BCUT2D eigenvalue weighted by Crippen LogP contribution is -2.26. The minimum Gasteiger partial charge on any atom is -0.344 e. The average Bonchev–Trinajstić information content (AvgIpc) is 2.87. The maximum absolute atomic E-state index is 11.9. The quantitative estimate of drug-likeness (QED) is 0.666. The zero-order chi connectivity index (χ0) is 13.9. The van der Waals surface area contributed by atoms with Crippen LogP contribution in [0.25, 0.3) is 11.0 Å². The number of aromatic amines is 2. The fourth-order valence-electron chi connectivity index (χ4n) is 1.93. The van der Waals surface area contributed by atoms with Crippen LogP contribution in [-0.4, -0.2) is 20.9 Å². The summed E-state index contributed by atoms with van der Waals surface area (Å²) in [5.41, 5.74) is 1.70. The van der Waals surface area contributed by atoms with Crippen molar-refractivity contribution in [3.63, 3.8) is 0 Å². The minimum atomic E-state index is -0.344. The molecule has 0 radical (unpaired) electrons. The van der Waals surface area contributed by atoms with Crippen molar-refractivity contribution in [2.45, 2.75) is 6.54 Å². The number of nitrogens with zero attached hydrogens (tertiary/aromatic N) is 1. The Morgan fingerprint density at radius 2 is 1.95 bits per heavy atom. The van der Waals surface area contributed by atoms with Crippen molar-refractivity contribution in [3.05, 3.63) is 64.3 Å². The number of amides is 1. The van der Waals surface area contributed by atoms with Gasteiger partial charge in [-0.1, -0.05) is 18.2 Å². The maximum atomic E-state index is 11.9. The smallest absolute Gasteiger partial charge is 0.268 e. The van der Waals surface area contributed by atoms with Crippen LogP contribution in [0.3, 0.4) is 0 Å². The van der Waals surface area contributed by atoms with Crippen molar-refractivity contribution in [3.8, 4) is 0 Å². The van der Waals surface area contributed by atoms with E-state index in [1.54, 1.807) is 6.07 Å². The van der Waals surface area contributed by atoms with E-state index < -0.39 is 0 Å². The van der Waals surface area contributed by atoms with Gasteiger partial charge in [0.25, 0.3) is 5.91 Å². The Kier molecular flexibility index (Phi) is 3.04. The summed E-state index contributed by atoms with van der Waals surface area (Å²) in [6.45, 7) is 0.268. The monoisotopic (exact) mass is 268 g/mol. The molecular formula is C14H12N4O2. The molecule has 3 aromatic rings. The number of hydrogen-bond donors (Lipinski definition) is 3. The van der Waals surface area contributed by atoms with E-state index in [2.05, 4.69) is 20.3 Å².